The summed E-state index contributed by atoms with van der Waals surface area (Å²) in [6.07, 6.45) is 2.21. The highest BCUT2D eigenvalue weighted by Crippen LogP contribution is 2.21. The Kier molecular flexibility index (Phi) is 5.34. The molecule has 0 aromatic carbocycles. The number of furan rings is 1. The summed E-state index contributed by atoms with van der Waals surface area (Å²) in [5.41, 5.74) is 0. The molecule has 0 aliphatic rings. The largest absolute Gasteiger partial charge is 0.464 e. The lowest BCUT2D eigenvalue weighted by Gasteiger charge is -2.01. The number of halogens is 2. The highest BCUT2D eigenvalue weighted by Gasteiger charge is 2.07. The maximum absolute atomic E-state index is 12.0. The van der Waals surface area contributed by atoms with Crippen LogP contribution in [0.2, 0.25) is 0 Å². The van der Waals surface area contributed by atoms with Gasteiger partial charge in [-0.3, -0.25) is 5.10 Å². The second-order valence-electron chi connectivity index (χ2n) is 3.80. The van der Waals surface area contributed by atoms with Crippen LogP contribution < -0.4 is 5.32 Å². The summed E-state index contributed by atoms with van der Waals surface area (Å²) >= 11 is 0.557. The van der Waals surface area contributed by atoms with Crippen LogP contribution in [0, 0.1) is 0 Å². The van der Waals surface area contributed by atoms with Gasteiger partial charge in [0.25, 0.3) is 5.76 Å². The first-order valence-electron chi connectivity index (χ1n) is 5.76. The Balaban J connectivity index is 1.65. The van der Waals surface area contributed by atoms with Gasteiger partial charge in [-0.2, -0.15) is 13.9 Å². The van der Waals surface area contributed by atoms with E-state index in [2.05, 4.69) is 20.5 Å². The van der Waals surface area contributed by atoms with Crippen molar-refractivity contribution >= 4 is 11.8 Å². The quantitative estimate of drug-likeness (QED) is 0.729. The van der Waals surface area contributed by atoms with Gasteiger partial charge < -0.3 is 9.73 Å². The topological polar surface area (TPSA) is 66.7 Å². The van der Waals surface area contributed by atoms with Crippen LogP contribution in [0.4, 0.5) is 8.78 Å². The first-order valence-corrected chi connectivity index (χ1v) is 6.81. The molecule has 2 aromatic rings. The zero-order valence-electron chi connectivity index (χ0n) is 10.1. The summed E-state index contributed by atoms with van der Waals surface area (Å²) < 4.78 is 29.4. The Hall–Kier alpha value is -1.41. The third-order valence-corrected chi connectivity index (χ3v) is 3.07. The Morgan fingerprint density at radius 2 is 2.21 bits per heavy atom. The molecule has 0 unspecified atom stereocenters. The van der Waals surface area contributed by atoms with Gasteiger partial charge in [-0.1, -0.05) is 11.8 Å². The van der Waals surface area contributed by atoms with Crippen molar-refractivity contribution in [2.24, 2.45) is 0 Å². The van der Waals surface area contributed by atoms with Crippen LogP contribution in [0.25, 0.3) is 0 Å². The number of rotatable bonds is 8. The van der Waals surface area contributed by atoms with Gasteiger partial charge in [0.15, 0.2) is 0 Å². The number of aromatic nitrogens is 3. The molecule has 0 atom stereocenters. The zero-order chi connectivity index (χ0) is 13.5. The van der Waals surface area contributed by atoms with Gasteiger partial charge in [-0.15, -0.1) is 0 Å². The maximum Gasteiger partial charge on any atom is 0.284 e. The van der Waals surface area contributed by atoms with E-state index in [9.17, 15) is 8.78 Å². The van der Waals surface area contributed by atoms with Gasteiger partial charge in [0.2, 0.25) is 0 Å². The molecule has 0 amide bonds. The van der Waals surface area contributed by atoms with Crippen molar-refractivity contribution in [1.29, 1.82) is 0 Å². The van der Waals surface area contributed by atoms with E-state index < -0.39 is 5.76 Å². The van der Waals surface area contributed by atoms with Crippen molar-refractivity contribution in [3.8, 4) is 0 Å². The fraction of sp³-hybridized carbons (Fsp3) is 0.455. The van der Waals surface area contributed by atoms with E-state index in [1.54, 1.807) is 12.1 Å². The Labute approximate surface area is 113 Å². The van der Waals surface area contributed by atoms with E-state index in [0.717, 1.165) is 24.6 Å². The minimum absolute atomic E-state index is 0.190. The van der Waals surface area contributed by atoms with Crippen LogP contribution in [0.15, 0.2) is 22.9 Å². The molecule has 0 radical (unpaired) electrons. The van der Waals surface area contributed by atoms with Gasteiger partial charge in [0.1, 0.15) is 23.7 Å². The van der Waals surface area contributed by atoms with E-state index in [-0.39, 0.29) is 5.75 Å². The molecule has 2 heterocycles. The highest BCUT2D eigenvalue weighted by atomic mass is 32.2. The monoisotopic (exact) mass is 288 g/mol. The van der Waals surface area contributed by atoms with Gasteiger partial charge >= 0.3 is 0 Å². The van der Waals surface area contributed by atoms with Crippen LogP contribution in [-0.2, 0) is 18.7 Å². The standard InChI is InChI=1S/C11H14F2N4OS/c12-11(13)19-6-9-2-1-8(18-9)5-14-4-3-10-15-7-16-17-10/h1-2,7,11,14H,3-6H2,(H,15,16,17). The number of H-pyrrole nitrogens is 1. The normalized spacial score (nSPS) is 11.3. The fourth-order valence-electron chi connectivity index (χ4n) is 1.51. The molecule has 0 fully saturated rings. The molecule has 19 heavy (non-hydrogen) atoms. The van der Waals surface area contributed by atoms with Crippen molar-refractivity contribution in [1.82, 2.24) is 20.5 Å². The average Bonchev–Trinajstić information content (AvgIpc) is 3.04. The Bertz CT molecular complexity index is 475. The summed E-state index contributed by atoms with van der Waals surface area (Å²) in [5, 5.41) is 9.70. The average molecular weight is 288 g/mol. The molecule has 104 valence electrons. The predicted octanol–water partition coefficient (Wildman–Crippen LogP) is 2.19. The molecule has 0 spiro atoms. The Morgan fingerprint density at radius 1 is 1.37 bits per heavy atom. The van der Waals surface area contributed by atoms with Crippen LogP contribution in [0.3, 0.4) is 0 Å². The summed E-state index contributed by atoms with van der Waals surface area (Å²) in [5.74, 6) is -0.0512. The molecule has 0 aliphatic heterocycles. The molecule has 5 nitrogen and oxygen atoms in total. The molecule has 0 saturated carbocycles. The van der Waals surface area contributed by atoms with Crippen molar-refractivity contribution in [3.63, 3.8) is 0 Å². The first kappa shape index (κ1) is 14.0. The van der Waals surface area contributed by atoms with Crippen LogP contribution in [0.1, 0.15) is 17.3 Å². The molecule has 2 aromatic heterocycles. The first-order chi connectivity index (χ1) is 9.24. The van der Waals surface area contributed by atoms with Crippen LogP contribution in [0.5, 0.6) is 0 Å². The number of alkyl halides is 2. The Morgan fingerprint density at radius 3 is 2.95 bits per heavy atom. The number of nitrogens with zero attached hydrogens (tertiary/aromatic N) is 2. The molecule has 8 heteroatoms. The molecule has 0 bridgehead atoms. The lowest BCUT2D eigenvalue weighted by molar-refractivity contribution is 0.251. The highest BCUT2D eigenvalue weighted by molar-refractivity contribution is 7.98. The molecule has 2 rings (SSSR count). The van der Waals surface area contributed by atoms with Crippen LogP contribution in [-0.4, -0.2) is 27.5 Å². The van der Waals surface area contributed by atoms with Gasteiger partial charge in [0, 0.05) is 13.0 Å². The number of aromatic amines is 1. The third-order valence-electron chi connectivity index (χ3n) is 2.37. The number of hydrogen-bond donors (Lipinski definition) is 2. The van der Waals surface area contributed by atoms with Crippen molar-refractivity contribution in [3.05, 3.63) is 35.8 Å². The van der Waals surface area contributed by atoms with E-state index in [1.165, 1.54) is 6.33 Å². The SMILES string of the molecule is FC(F)SCc1ccc(CNCCc2ncn[nH]2)o1. The zero-order valence-corrected chi connectivity index (χ0v) is 10.9. The minimum atomic E-state index is -2.37. The summed E-state index contributed by atoms with van der Waals surface area (Å²) in [4.78, 5) is 4.00. The van der Waals surface area contributed by atoms with E-state index in [4.69, 9.17) is 4.42 Å². The van der Waals surface area contributed by atoms with Crippen LogP contribution >= 0.6 is 11.8 Å². The third kappa shape index (κ3) is 4.99. The van der Waals surface area contributed by atoms with Gasteiger partial charge in [-0.25, -0.2) is 4.98 Å². The van der Waals surface area contributed by atoms with Gasteiger partial charge in [-0.05, 0) is 12.1 Å². The predicted molar refractivity (Wildman–Crippen MR) is 67.8 cm³/mol. The number of nitrogens with one attached hydrogen (secondary N) is 2. The van der Waals surface area contributed by atoms with Crippen molar-refractivity contribution in [2.75, 3.05) is 6.54 Å². The number of hydrogen-bond acceptors (Lipinski definition) is 5. The second kappa shape index (κ2) is 7.25. The van der Waals surface area contributed by atoms with E-state index in [0.29, 0.717) is 24.1 Å². The summed E-state index contributed by atoms with van der Waals surface area (Å²) in [6.45, 7) is 1.30. The van der Waals surface area contributed by atoms with E-state index in [1.807, 2.05) is 0 Å². The molecule has 0 aliphatic carbocycles. The van der Waals surface area contributed by atoms with Crippen molar-refractivity contribution < 1.29 is 13.2 Å². The molecular weight excluding hydrogens is 274 g/mol. The maximum atomic E-state index is 12.0. The number of thioether (sulfide) groups is 1. The van der Waals surface area contributed by atoms with E-state index >= 15 is 0 Å². The smallest absolute Gasteiger partial charge is 0.284 e. The second-order valence-corrected chi connectivity index (χ2v) is 4.78. The molecule has 2 N–H and O–H groups in total. The van der Waals surface area contributed by atoms with Gasteiger partial charge in [0.05, 0.1) is 12.3 Å². The molecule has 0 saturated heterocycles. The lowest BCUT2D eigenvalue weighted by atomic mass is 10.4. The molecular formula is C11H14F2N4OS. The summed E-state index contributed by atoms with van der Waals surface area (Å²) in [6, 6.07) is 3.52. The minimum Gasteiger partial charge on any atom is -0.464 e. The van der Waals surface area contributed by atoms with Crippen molar-refractivity contribution in [2.45, 2.75) is 24.5 Å². The summed E-state index contributed by atoms with van der Waals surface area (Å²) in [7, 11) is 0. The fourth-order valence-corrected chi connectivity index (χ4v) is 1.96. The lowest BCUT2D eigenvalue weighted by Crippen LogP contribution is -2.16.